The van der Waals surface area contributed by atoms with E-state index in [0.29, 0.717) is 17.1 Å². The largest absolute Gasteiger partial charge is 0.474 e. The zero-order chi connectivity index (χ0) is 13.0. The Morgan fingerprint density at radius 3 is 2.67 bits per heavy atom. The fourth-order valence-corrected chi connectivity index (χ4v) is 2.66. The fraction of sp³-hybridized carbons (Fsp3) is 0.714. The zero-order valence-corrected chi connectivity index (χ0v) is 11.9. The Bertz CT molecular complexity index is 389. The summed E-state index contributed by atoms with van der Waals surface area (Å²) in [6.45, 7) is 4.43. The van der Waals surface area contributed by atoms with Crippen LogP contribution in [0.1, 0.15) is 51.5 Å². The minimum atomic E-state index is 0.294. The fourth-order valence-electron chi connectivity index (χ4n) is 2.44. The van der Waals surface area contributed by atoms with Crippen LogP contribution in [0, 0.1) is 5.92 Å². The highest BCUT2D eigenvalue weighted by molar-refractivity contribution is 6.30. The molecule has 2 rings (SSSR count). The molecule has 1 aliphatic carbocycles. The van der Waals surface area contributed by atoms with Crippen LogP contribution >= 0.6 is 11.6 Å². The molecule has 0 N–H and O–H groups in total. The second-order valence-corrected chi connectivity index (χ2v) is 5.56. The third-order valence-electron chi connectivity index (χ3n) is 3.59. The van der Waals surface area contributed by atoms with Crippen LogP contribution in [-0.2, 0) is 6.42 Å². The van der Waals surface area contributed by atoms with Crippen molar-refractivity contribution in [2.45, 2.75) is 58.5 Å². The topological polar surface area (TPSA) is 35.0 Å². The Kier molecular flexibility index (Phi) is 4.81. The van der Waals surface area contributed by atoms with Crippen molar-refractivity contribution in [2.75, 3.05) is 0 Å². The summed E-state index contributed by atoms with van der Waals surface area (Å²) in [7, 11) is 0. The summed E-state index contributed by atoms with van der Waals surface area (Å²) in [5, 5.41) is 0.533. The third-order valence-corrected chi connectivity index (χ3v) is 3.92. The second-order valence-electron chi connectivity index (χ2n) is 5.20. The van der Waals surface area contributed by atoms with Crippen LogP contribution in [0.25, 0.3) is 0 Å². The average Bonchev–Trinajstić information content (AvgIpc) is 2.36. The van der Waals surface area contributed by atoms with Crippen molar-refractivity contribution in [2.24, 2.45) is 5.92 Å². The van der Waals surface area contributed by atoms with Gasteiger partial charge in [0, 0.05) is 0 Å². The molecule has 1 heterocycles. The zero-order valence-electron chi connectivity index (χ0n) is 11.2. The maximum absolute atomic E-state index is 6.12. The van der Waals surface area contributed by atoms with E-state index in [1.165, 1.54) is 19.2 Å². The van der Waals surface area contributed by atoms with Crippen molar-refractivity contribution in [3.63, 3.8) is 0 Å². The lowest BCUT2D eigenvalue weighted by atomic mass is 9.89. The first-order valence-electron chi connectivity index (χ1n) is 6.86. The number of halogens is 1. The molecule has 18 heavy (non-hydrogen) atoms. The predicted molar refractivity (Wildman–Crippen MR) is 73.1 cm³/mol. The summed E-state index contributed by atoms with van der Waals surface area (Å²) in [6.07, 6.45) is 8.40. The van der Waals surface area contributed by atoms with E-state index in [0.717, 1.165) is 37.2 Å². The maximum atomic E-state index is 6.12. The molecule has 0 amide bonds. The van der Waals surface area contributed by atoms with Gasteiger partial charge in [0.05, 0.1) is 5.56 Å². The summed E-state index contributed by atoms with van der Waals surface area (Å²) in [4.78, 5) is 8.29. The van der Waals surface area contributed by atoms with Crippen LogP contribution in [0.3, 0.4) is 0 Å². The molecule has 0 radical (unpaired) electrons. The standard InChI is InChI=1S/C14H21ClN2O/c1-3-4-12-13(15)16-9-17-14(12)18-11-7-5-10(2)6-8-11/h9-11H,3-8H2,1-2H3. The van der Waals surface area contributed by atoms with E-state index in [1.807, 2.05) is 0 Å². The molecule has 0 unspecified atom stereocenters. The van der Waals surface area contributed by atoms with E-state index in [2.05, 4.69) is 23.8 Å². The van der Waals surface area contributed by atoms with Gasteiger partial charge in [-0.2, -0.15) is 0 Å². The molecule has 3 nitrogen and oxygen atoms in total. The highest BCUT2D eigenvalue weighted by atomic mass is 35.5. The molecule has 100 valence electrons. The molecule has 0 aliphatic heterocycles. The van der Waals surface area contributed by atoms with Crippen LogP contribution in [0.15, 0.2) is 6.33 Å². The van der Waals surface area contributed by atoms with Gasteiger partial charge >= 0.3 is 0 Å². The van der Waals surface area contributed by atoms with Gasteiger partial charge in [-0.15, -0.1) is 0 Å². The first-order valence-corrected chi connectivity index (χ1v) is 7.24. The van der Waals surface area contributed by atoms with Crippen molar-refractivity contribution in [3.05, 3.63) is 17.0 Å². The normalized spacial score (nSPS) is 23.9. The number of aromatic nitrogens is 2. The van der Waals surface area contributed by atoms with E-state index in [9.17, 15) is 0 Å². The van der Waals surface area contributed by atoms with Gasteiger partial charge < -0.3 is 4.74 Å². The summed E-state index contributed by atoms with van der Waals surface area (Å²) in [5.74, 6) is 1.52. The quantitative estimate of drug-likeness (QED) is 0.773. The molecule has 1 aliphatic rings. The molecular formula is C14H21ClN2O. The number of hydrogen-bond acceptors (Lipinski definition) is 3. The van der Waals surface area contributed by atoms with Crippen molar-refractivity contribution < 1.29 is 4.74 Å². The molecule has 0 aromatic carbocycles. The second kappa shape index (κ2) is 6.37. The molecule has 0 atom stereocenters. The molecule has 1 saturated carbocycles. The number of rotatable bonds is 4. The lowest BCUT2D eigenvalue weighted by molar-refractivity contribution is 0.128. The van der Waals surface area contributed by atoms with Crippen molar-refractivity contribution in [1.82, 2.24) is 9.97 Å². The third kappa shape index (κ3) is 3.35. The maximum Gasteiger partial charge on any atom is 0.221 e. The van der Waals surface area contributed by atoms with Crippen LogP contribution in [0.2, 0.25) is 5.15 Å². The van der Waals surface area contributed by atoms with Gasteiger partial charge in [0.15, 0.2) is 0 Å². The summed E-state index contributed by atoms with van der Waals surface area (Å²) in [6, 6.07) is 0. The van der Waals surface area contributed by atoms with Crippen LogP contribution in [0.4, 0.5) is 0 Å². The number of nitrogens with zero attached hydrogens (tertiary/aromatic N) is 2. The molecule has 1 aromatic heterocycles. The van der Waals surface area contributed by atoms with Gasteiger partial charge in [-0.25, -0.2) is 9.97 Å². The highest BCUT2D eigenvalue weighted by Gasteiger charge is 2.21. The van der Waals surface area contributed by atoms with Gasteiger partial charge in [-0.05, 0) is 38.0 Å². The molecular weight excluding hydrogens is 248 g/mol. The Morgan fingerprint density at radius 1 is 1.28 bits per heavy atom. The Hall–Kier alpha value is -0.830. The summed E-state index contributed by atoms with van der Waals surface area (Å²) >= 11 is 6.12. The SMILES string of the molecule is CCCc1c(Cl)ncnc1OC1CCC(C)CC1. The highest BCUT2D eigenvalue weighted by Crippen LogP contribution is 2.29. The summed E-state index contributed by atoms with van der Waals surface area (Å²) < 4.78 is 6.03. The van der Waals surface area contributed by atoms with Gasteiger partial charge in [0.1, 0.15) is 17.6 Å². The lowest BCUT2D eigenvalue weighted by Crippen LogP contribution is -2.24. The summed E-state index contributed by atoms with van der Waals surface area (Å²) in [5.41, 5.74) is 0.959. The minimum absolute atomic E-state index is 0.294. The van der Waals surface area contributed by atoms with Gasteiger partial charge in [-0.3, -0.25) is 0 Å². The van der Waals surface area contributed by atoms with E-state index in [-0.39, 0.29) is 0 Å². The van der Waals surface area contributed by atoms with Gasteiger partial charge in [0.25, 0.3) is 0 Å². The van der Waals surface area contributed by atoms with Gasteiger partial charge in [0.2, 0.25) is 5.88 Å². The number of ether oxygens (including phenoxy) is 1. The van der Waals surface area contributed by atoms with E-state index in [4.69, 9.17) is 16.3 Å². The van der Waals surface area contributed by atoms with E-state index < -0.39 is 0 Å². The van der Waals surface area contributed by atoms with E-state index in [1.54, 1.807) is 0 Å². The van der Waals surface area contributed by atoms with Crippen LogP contribution < -0.4 is 4.74 Å². The first-order chi connectivity index (χ1) is 8.70. The Labute approximate surface area is 114 Å². The molecule has 0 bridgehead atoms. The first kappa shape index (κ1) is 13.6. The van der Waals surface area contributed by atoms with E-state index >= 15 is 0 Å². The lowest BCUT2D eigenvalue weighted by Gasteiger charge is -2.27. The molecule has 1 fully saturated rings. The minimum Gasteiger partial charge on any atom is -0.474 e. The molecule has 0 spiro atoms. The predicted octanol–water partition coefficient (Wildman–Crippen LogP) is 4.04. The van der Waals surface area contributed by atoms with Crippen molar-refractivity contribution >= 4 is 11.6 Å². The smallest absolute Gasteiger partial charge is 0.221 e. The monoisotopic (exact) mass is 268 g/mol. The van der Waals surface area contributed by atoms with Gasteiger partial charge in [-0.1, -0.05) is 31.9 Å². The Morgan fingerprint density at radius 2 is 2.00 bits per heavy atom. The van der Waals surface area contributed by atoms with Crippen LogP contribution in [-0.4, -0.2) is 16.1 Å². The van der Waals surface area contributed by atoms with Crippen molar-refractivity contribution in [3.8, 4) is 5.88 Å². The Balaban J connectivity index is 2.06. The van der Waals surface area contributed by atoms with Crippen LogP contribution in [0.5, 0.6) is 5.88 Å². The number of hydrogen-bond donors (Lipinski definition) is 0. The molecule has 4 heteroatoms. The van der Waals surface area contributed by atoms with Crippen molar-refractivity contribution in [1.29, 1.82) is 0 Å². The molecule has 1 aromatic rings. The average molecular weight is 269 g/mol. The molecule has 0 saturated heterocycles.